The highest BCUT2D eigenvalue weighted by atomic mass is 19.1. The van der Waals surface area contributed by atoms with Crippen LogP contribution in [0.15, 0.2) is 42.6 Å². The molecule has 6 heteroatoms. The zero-order chi connectivity index (χ0) is 16.8. The largest absolute Gasteiger partial charge is 0.376 e. The van der Waals surface area contributed by atoms with Crippen molar-refractivity contribution in [1.82, 2.24) is 15.2 Å². The van der Waals surface area contributed by atoms with Gasteiger partial charge in [0.05, 0.1) is 12.6 Å². The normalized spacial score (nSPS) is 17.0. The Hall–Kier alpha value is -2.34. The molecule has 0 unspecified atom stereocenters. The molecule has 1 aromatic heterocycles. The molecule has 3 rings (SSSR count). The zero-order valence-electron chi connectivity index (χ0n) is 13.5. The number of carbonyl (C=O) groups is 1. The maximum atomic E-state index is 13.3. The van der Waals surface area contributed by atoms with Crippen LogP contribution in [0.25, 0.3) is 0 Å². The van der Waals surface area contributed by atoms with Gasteiger partial charge in [-0.25, -0.2) is 9.18 Å². The fraction of sp³-hybridized carbons (Fsp3) is 0.389. The van der Waals surface area contributed by atoms with Crippen LogP contribution in [0.1, 0.15) is 24.1 Å². The van der Waals surface area contributed by atoms with Gasteiger partial charge in [0.25, 0.3) is 0 Å². The molecule has 2 heterocycles. The van der Waals surface area contributed by atoms with Crippen molar-refractivity contribution in [2.24, 2.45) is 0 Å². The Morgan fingerprint density at radius 3 is 3.00 bits per heavy atom. The predicted octanol–water partition coefficient (Wildman–Crippen LogP) is 2.65. The molecular weight excluding hydrogens is 309 g/mol. The van der Waals surface area contributed by atoms with Gasteiger partial charge in [0.2, 0.25) is 0 Å². The third-order valence-electron chi connectivity index (χ3n) is 4.11. The lowest BCUT2D eigenvalue weighted by atomic mass is 10.2. The number of hydrogen-bond acceptors (Lipinski definition) is 2. The van der Waals surface area contributed by atoms with E-state index in [0.29, 0.717) is 19.6 Å². The van der Waals surface area contributed by atoms with Crippen LogP contribution in [0.3, 0.4) is 0 Å². The van der Waals surface area contributed by atoms with Crippen LogP contribution in [0.4, 0.5) is 9.18 Å². The quantitative estimate of drug-likeness (QED) is 0.855. The maximum Gasteiger partial charge on any atom is 0.315 e. The number of rotatable bonds is 6. The number of nitrogens with zero attached hydrogens (tertiary/aromatic N) is 1. The van der Waals surface area contributed by atoms with Gasteiger partial charge in [-0.2, -0.15) is 0 Å². The first-order valence-corrected chi connectivity index (χ1v) is 8.22. The fourth-order valence-corrected chi connectivity index (χ4v) is 2.84. The fourth-order valence-electron chi connectivity index (χ4n) is 2.84. The molecular formula is C18H22FN3O2. The summed E-state index contributed by atoms with van der Waals surface area (Å²) < 4.78 is 20.7. The molecule has 0 saturated carbocycles. The Morgan fingerprint density at radius 1 is 1.29 bits per heavy atom. The predicted molar refractivity (Wildman–Crippen MR) is 89.1 cm³/mol. The monoisotopic (exact) mass is 331 g/mol. The van der Waals surface area contributed by atoms with Gasteiger partial charge in [0, 0.05) is 31.6 Å². The molecule has 2 aromatic rings. The SMILES string of the molecule is O=C(NCc1cccn1Cc1cccc(F)c1)NC[C@@H]1CCCO1. The second-order valence-electron chi connectivity index (χ2n) is 5.96. The first-order chi connectivity index (χ1) is 11.7. The van der Waals surface area contributed by atoms with Crippen molar-refractivity contribution < 1.29 is 13.9 Å². The molecule has 1 aliphatic rings. The van der Waals surface area contributed by atoms with Crippen molar-refractivity contribution in [3.8, 4) is 0 Å². The van der Waals surface area contributed by atoms with Gasteiger partial charge < -0.3 is 19.9 Å². The first kappa shape index (κ1) is 16.5. The Balaban J connectivity index is 1.49. The van der Waals surface area contributed by atoms with Crippen LogP contribution in [0.2, 0.25) is 0 Å². The molecule has 1 atom stereocenters. The van der Waals surface area contributed by atoms with E-state index in [0.717, 1.165) is 30.7 Å². The van der Waals surface area contributed by atoms with E-state index in [1.54, 1.807) is 6.07 Å². The second-order valence-corrected chi connectivity index (χ2v) is 5.96. The Kier molecular flexibility index (Phi) is 5.48. The highest BCUT2D eigenvalue weighted by Crippen LogP contribution is 2.11. The number of carbonyl (C=O) groups excluding carboxylic acids is 1. The van der Waals surface area contributed by atoms with Crippen molar-refractivity contribution >= 4 is 6.03 Å². The molecule has 2 amide bonds. The van der Waals surface area contributed by atoms with Crippen LogP contribution in [-0.4, -0.2) is 29.9 Å². The molecule has 0 bridgehead atoms. The van der Waals surface area contributed by atoms with Crippen molar-refractivity contribution in [1.29, 1.82) is 0 Å². The first-order valence-electron chi connectivity index (χ1n) is 8.22. The number of benzene rings is 1. The van der Waals surface area contributed by atoms with Gasteiger partial charge in [0.1, 0.15) is 5.82 Å². The Bertz CT molecular complexity index is 680. The summed E-state index contributed by atoms with van der Waals surface area (Å²) in [4.78, 5) is 11.9. The molecule has 5 nitrogen and oxygen atoms in total. The smallest absolute Gasteiger partial charge is 0.315 e. The van der Waals surface area contributed by atoms with Gasteiger partial charge in [-0.3, -0.25) is 0 Å². The van der Waals surface area contributed by atoms with E-state index in [1.165, 1.54) is 12.1 Å². The lowest BCUT2D eigenvalue weighted by Crippen LogP contribution is -2.39. The van der Waals surface area contributed by atoms with Gasteiger partial charge in [-0.15, -0.1) is 0 Å². The molecule has 0 radical (unpaired) electrons. The molecule has 1 saturated heterocycles. The summed E-state index contributed by atoms with van der Waals surface area (Å²) in [6, 6.07) is 10.2. The van der Waals surface area contributed by atoms with Crippen LogP contribution in [-0.2, 0) is 17.8 Å². The highest BCUT2D eigenvalue weighted by molar-refractivity contribution is 5.73. The molecule has 24 heavy (non-hydrogen) atoms. The highest BCUT2D eigenvalue weighted by Gasteiger charge is 2.16. The minimum atomic E-state index is -0.243. The van der Waals surface area contributed by atoms with E-state index in [-0.39, 0.29) is 18.0 Å². The number of nitrogens with one attached hydrogen (secondary N) is 2. The maximum absolute atomic E-state index is 13.3. The number of ether oxygens (including phenoxy) is 1. The summed E-state index contributed by atoms with van der Waals surface area (Å²) in [5.74, 6) is -0.243. The van der Waals surface area contributed by atoms with Gasteiger partial charge in [-0.1, -0.05) is 12.1 Å². The third-order valence-corrected chi connectivity index (χ3v) is 4.11. The zero-order valence-corrected chi connectivity index (χ0v) is 13.5. The average molecular weight is 331 g/mol. The van der Waals surface area contributed by atoms with Crippen LogP contribution in [0.5, 0.6) is 0 Å². The van der Waals surface area contributed by atoms with Gasteiger partial charge in [0.15, 0.2) is 0 Å². The molecule has 1 aliphatic heterocycles. The van der Waals surface area contributed by atoms with Crippen molar-refractivity contribution in [3.05, 3.63) is 59.7 Å². The number of hydrogen-bond donors (Lipinski definition) is 2. The molecule has 128 valence electrons. The van der Waals surface area contributed by atoms with Gasteiger partial charge in [-0.05, 0) is 42.7 Å². The molecule has 1 fully saturated rings. The summed E-state index contributed by atoms with van der Waals surface area (Å²) in [7, 11) is 0. The van der Waals surface area contributed by atoms with Crippen molar-refractivity contribution in [2.45, 2.75) is 32.0 Å². The van der Waals surface area contributed by atoms with E-state index in [1.807, 2.05) is 29.0 Å². The van der Waals surface area contributed by atoms with E-state index in [2.05, 4.69) is 10.6 Å². The van der Waals surface area contributed by atoms with Crippen molar-refractivity contribution in [2.75, 3.05) is 13.2 Å². The summed E-state index contributed by atoms with van der Waals surface area (Å²) in [5, 5.41) is 5.68. The number of aromatic nitrogens is 1. The van der Waals surface area contributed by atoms with E-state index < -0.39 is 0 Å². The lowest BCUT2D eigenvalue weighted by Gasteiger charge is -2.13. The average Bonchev–Trinajstić information content (AvgIpc) is 3.23. The summed E-state index contributed by atoms with van der Waals surface area (Å²) in [6.07, 6.45) is 4.11. The summed E-state index contributed by atoms with van der Waals surface area (Å²) in [5.41, 5.74) is 1.85. The Morgan fingerprint density at radius 2 is 2.21 bits per heavy atom. The van der Waals surface area contributed by atoms with Crippen LogP contribution in [0, 0.1) is 5.82 Å². The minimum absolute atomic E-state index is 0.132. The summed E-state index contributed by atoms with van der Waals surface area (Å²) in [6.45, 7) is 2.30. The van der Waals surface area contributed by atoms with E-state index in [4.69, 9.17) is 4.74 Å². The molecule has 0 spiro atoms. The van der Waals surface area contributed by atoms with E-state index in [9.17, 15) is 9.18 Å². The topological polar surface area (TPSA) is 55.3 Å². The third kappa shape index (κ3) is 4.58. The molecule has 2 N–H and O–H groups in total. The summed E-state index contributed by atoms with van der Waals surface area (Å²) >= 11 is 0. The van der Waals surface area contributed by atoms with Crippen molar-refractivity contribution in [3.63, 3.8) is 0 Å². The molecule has 1 aromatic carbocycles. The minimum Gasteiger partial charge on any atom is -0.376 e. The number of halogens is 1. The van der Waals surface area contributed by atoms with Crippen LogP contribution < -0.4 is 10.6 Å². The lowest BCUT2D eigenvalue weighted by molar-refractivity contribution is 0.111. The second kappa shape index (κ2) is 7.97. The number of urea groups is 1. The number of amides is 2. The van der Waals surface area contributed by atoms with Crippen LogP contribution >= 0.6 is 0 Å². The van der Waals surface area contributed by atoms with E-state index >= 15 is 0 Å². The molecule has 0 aliphatic carbocycles. The standard InChI is InChI=1S/C18H22FN3O2/c19-15-5-1-4-14(10-15)13-22-8-2-6-16(22)11-20-18(23)21-12-17-7-3-9-24-17/h1-2,4-6,8,10,17H,3,7,9,11-13H2,(H2,20,21,23)/t17-/m0/s1. The Labute approximate surface area is 140 Å². The van der Waals surface area contributed by atoms with Gasteiger partial charge >= 0.3 is 6.03 Å².